The van der Waals surface area contributed by atoms with Gasteiger partial charge in [0, 0.05) is 18.8 Å². The third kappa shape index (κ3) is 11.4. The molecule has 176 valence electrons. The van der Waals surface area contributed by atoms with Crippen LogP contribution in [0.5, 0.6) is 5.75 Å². The molecule has 0 saturated carbocycles. The molecule has 0 amide bonds. The quantitative estimate of drug-likeness (QED) is 0.178. The van der Waals surface area contributed by atoms with Crippen molar-refractivity contribution >= 4 is 0 Å². The van der Waals surface area contributed by atoms with Crippen LogP contribution in [0.15, 0.2) is 48.8 Å². The third-order valence-electron chi connectivity index (χ3n) is 5.35. The van der Waals surface area contributed by atoms with Crippen LogP contribution in [0, 0.1) is 0 Å². The van der Waals surface area contributed by atoms with E-state index in [0.29, 0.717) is 0 Å². The van der Waals surface area contributed by atoms with Gasteiger partial charge >= 0.3 is 0 Å². The predicted molar refractivity (Wildman–Crippen MR) is 134 cm³/mol. The minimum atomic E-state index is 0.723. The van der Waals surface area contributed by atoms with Crippen molar-refractivity contribution in [2.45, 2.75) is 84.5 Å². The van der Waals surface area contributed by atoms with Crippen molar-refractivity contribution in [3.8, 4) is 17.1 Å². The maximum atomic E-state index is 5.79. The van der Waals surface area contributed by atoms with Crippen LogP contribution >= 0.6 is 0 Å². The Balaban J connectivity index is 1.62. The van der Waals surface area contributed by atoms with E-state index in [1.54, 1.807) is 12.4 Å². The molecule has 0 spiro atoms. The highest BCUT2D eigenvalue weighted by Crippen LogP contribution is 2.18. The van der Waals surface area contributed by atoms with Gasteiger partial charge in [0.05, 0.1) is 19.0 Å². The number of rotatable bonds is 18. The van der Waals surface area contributed by atoms with Crippen molar-refractivity contribution in [2.24, 2.45) is 0 Å². The second-order valence-electron chi connectivity index (χ2n) is 8.32. The molecule has 1 aromatic carbocycles. The SMILES string of the molecule is CCC/C=C/CCCCCOc1cnc(-c2ccc(CCCCCOCCC)cc2)nc1. The highest BCUT2D eigenvalue weighted by molar-refractivity contribution is 5.55. The molecule has 0 unspecified atom stereocenters. The molecule has 0 aliphatic carbocycles. The molecule has 1 heterocycles. The Morgan fingerprint density at radius 3 is 2.19 bits per heavy atom. The first-order valence-electron chi connectivity index (χ1n) is 12.6. The third-order valence-corrected chi connectivity index (χ3v) is 5.35. The first-order chi connectivity index (χ1) is 15.8. The number of hydrogen-bond acceptors (Lipinski definition) is 4. The molecular weight excluding hydrogens is 396 g/mol. The van der Waals surface area contributed by atoms with Crippen LogP contribution < -0.4 is 4.74 Å². The number of unbranched alkanes of at least 4 members (excludes halogenated alkanes) is 6. The van der Waals surface area contributed by atoms with E-state index in [-0.39, 0.29) is 0 Å². The maximum absolute atomic E-state index is 5.79. The second-order valence-corrected chi connectivity index (χ2v) is 8.32. The highest BCUT2D eigenvalue weighted by atomic mass is 16.5. The molecule has 4 heteroatoms. The molecule has 0 aliphatic heterocycles. The molecule has 0 atom stereocenters. The summed E-state index contributed by atoms with van der Waals surface area (Å²) in [6.45, 7) is 6.85. The molecule has 0 fully saturated rings. The van der Waals surface area contributed by atoms with Gasteiger partial charge in [0.2, 0.25) is 0 Å². The number of aromatic nitrogens is 2. The van der Waals surface area contributed by atoms with Gasteiger partial charge in [-0.3, -0.25) is 0 Å². The van der Waals surface area contributed by atoms with Crippen molar-refractivity contribution in [2.75, 3.05) is 19.8 Å². The summed E-state index contributed by atoms with van der Waals surface area (Å²) in [6.07, 6.45) is 21.0. The fourth-order valence-electron chi connectivity index (χ4n) is 3.45. The van der Waals surface area contributed by atoms with Crippen LogP contribution in [0.1, 0.15) is 83.6 Å². The average molecular weight is 439 g/mol. The largest absolute Gasteiger partial charge is 0.490 e. The van der Waals surface area contributed by atoms with E-state index in [2.05, 4.69) is 60.2 Å². The van der Waals surface area contributed by atoms with Crippen molar-refractivity contribution in [1.29, 1.82) is 0 Å². The van der Waals surface area contributed by atoms with Crippen LogP contribution in [0.3, 0.4) is 0 Å². The predicted octanol–water partition coefficient (Wildman–Crippen LogP) is 7.58. The van der Waals surface area contributed by atoms with Gasteiger partial charge in [-0.1, -0.05) is 63.1 Å². The topological polar surface area (TPSA) is 44.2 Å². The Labute approximate surface area is 195 Å². The van der Waals surface area contributed by atoms with Crippen molar-refractivity contribution in [3.63, 3.8) is 0 Å². The summed E-state index contributed by atoms with van der Waals surface area (Å²) < 4.78 is 11.3. The monoisotopic (exact) mass is 438 g/mol. The Hall–Kier alpha value is -2.20. The van der Waals surface area contributed by atoms with Gasteiger partial charge in [0.25, 0.3) is 0 Å². The molecule has 2 rings (SSSR count). The summed E-state index contributed by atoms with van der Waals surface area (Å²) >= 11 is 0. The van der Waals surface area contributed by atoms with E-state index in [0.717, 1.165) is 62.6 Å². The van der Waals surface area contributed by atoms with Gasteiger partial charge in [0.15, 0.2) is 11.6 Å². The molecule has 4 nitrogen and oxygen atoms in total. The van der Waals surface area contributed by atoms with E-state index in [1.807, 2.05) is 0 Å². The smallest absolute Gasteiger partial charge is 0.159 e. The molecule has 0 saturated heterocycles. The van der Waals surface area contributed by atoms with E-state index >= 15 is 0 Å². The number of nitrogens with zero attached hydrogens (tertiary/aromatic N) is 2. The lowest BCUT2D eigenvalue weighted by atomic mass is 10.0. The molecule has 0 radical (unpaired) electrons. The zero-order valence-corrected chi connectivity index (χ0v) is 20.2. The zero-order valence-electron chi connectivity index (χ0n) is 20.2. The van der Waals surface area contributed by atoms with E-state index in [1.165, 1.54) is 50.5 Å². The van der Waals surface area contributed by atoms with Gasteiger partial charge in [-0.05, 0) is 63.4 Å². The van der Waals surface area contributed by atoms with Gasteiger partial charge in [-0.2, -0.15) is 0 Å². The number of ether oxygens (including phenoxy) is 2. The minimum Gasteiger partial charge on any atom is -0.490 e. The Bertz CT molecular complexity index is 726. The lowest BCUT2D eigenvalue weighted by Crippen LogP contribution is -1.99. The molecule has 1 aromatic heterocycles. The molecule has 0 bridgehead atoms. The Morgan fingerprint density at radius 2 is 1.44 bits per heavy atom. The van der Waals surface area contributed by atoms with Crippen molar-refractivity contribution < 1.29 is 9.47 Å². The second kappa shape index (κ2) is 17.4. The summed E-state index contributed by atoms with van der Waals surface area (Å²) in [5.41, 5.74) is 2.41. The fourth-order valence-corrected chi connectivity index (χ4v) is 3.45. The molecule has 0 N–H and O–H groups in total. The summed E-state index contributed by atoms with van der Waals surface area (Å²) in [5, 5.41) is 0. The highest BCUT2D eigenvalue weighted by Gasteiger charge is 2.03. The fraction of sp³-hybridized carbons (Fsp3) is 0.571. The summed E-state index contributed by atoms with van der Waals surface area (Å²) in [5.74, 6) is 1.49. The van der Waals surface area contributed by atoms with Crippen LogP contribution in [-0.2, 0) is 11.2 Å². The lowest BCUT2D eigenvalue weighted by molar-refractivity contribution is 0.130. The maximum Gasteiger partial charge on any atom is 0.159 e. The number of hydrogen-bond donors (Lipinski definition) is 0. The van der Waals surface area contributed by atoms with E-state index < -0.39 is 0 Å². The first-order valence-corrected chi connectivity index (χ1v) is 12.6. The molecular formula is C28H42N2O2. The van der Waals surface area contributed by atoms with Gasteiger partial charge in [0.1, 0.15) is 0 Å². The van der Waals surface area contributed by atoms with E-state index in [9.17, 15) is 0 Å². The van der Waals surface area contributed by atoms with Crippen LogP contribution in [0.4, 0.5) is 0 Å². The number of aryl methyl sites for hydroxylation is 1. The Morgan fingerprint density at radius 1 is 0.719 bits per heavy atom. The standard InChI is InChI=1S/C28H42N2O2/c1-3-5-6-7-8-9-10-14-22-32-27-23-29-28(30-24-27)26-18-16-25(17-19-26)15-12-11-13-21-31-20-4-2/h6-7,16-19,23-24H,3-5,8-15,20-22H2,1-2H3/b7-6+. The first kappa shape index (κ1) is 26.1. The lowest BCUT2D eigenvalue weighted by Gasteiger charge is -2.07. The molecule has 2 aromatic rings. The normalized spacial score (nSPS) is 11.3. The summed E-state index contributed by atoms with van der Waals surface area (Å²) in [6, 6.07) is 8.61. The van der Waals surface area contributed by atoms with Gasteiger partial charge in [-0.15, -0.1) is 0 Å². The van der Waals surface area contributed by atoms with Crippen molar-refractivity contribution in [1.82, 2.24) is 9.97 Å². The van der Waals surface area contributed by atoms with Gasteiger partial charge in [-0.25, -0.2) is 9.97 Å². The average Bonchev–Trinajstić information content (AvgIpc) is 2.83. The molecule has 32 heavy (non-hydrogen) atoms. The van der Waals surface area contributed by atoms with Crippen LogP contribution in [0.2, 0.25) is 0 Å². The molecule has 0 aliphatic rings. The minimum absolute atomic E-state index is 0.723. The van der Waals surface area contributed by atoms with Crippen LogP contribution in [0.25, 0.3) is 11.4 Å². The summed E-state index contributed by atoms with van der Waals surface area (Å²) in [4.78, 5) is 8.97. The summed E-state index contributed by atoms with van der Waals surface area (Å²) in [7, 11) is 0. The van der Waals surface area contributed by atoms with Crippen molar-refractivity contribution in [3.05, 3.63) is 54.4 Å². The number of allylic oxidation sites excluding steroid dienone is 2. The van der Waals surface area contributed by atoms with E-state index in [4.69, 9.17) is 9.47 Å². The van der Waals surface area contributed by atoms with Crippen LogP contribution in [-0.4, -0.2) is 29.8 Å². The van der Waals surface area contributed by atoms with Gasteiger partial charge < -0.3 is 9.47 Å². The Kier molecular flexibility index (Phi) is 14.1. The number of benzene rings is 1. The zero-order chi connectivity index (χ0) is 22.7.